The highest BCUT2D eigenvalue weighted by molar-refractivity contribution is 5.81. The average Bonchev–Trinajstić information content (AvgIpc) is 2.29. The van der Waals surface area contributed by atoms with E-state index in [1.54, 1.807) is 31.2 Å². The molecule has 0 saturated carbocycles. The summed E-state index contributed by atoms with van der Waals surface area (Å²) in [5, 5.41) is 18.2. The Bertz CT molecular complexity index is 437. The van der Waals surface area contributed by atoms with E-state index >= 15 is 0 Å². The first kappa shape index (κ1) is 12.2. The van der Waals surface area contributed by atoms with Gasteiger partial charge in [0.25, 0.3) is 0 Å². The fraction of sp³-hybridized carbons (Fsp3) is 0.333. The Kier molecular flexibility index (Phi) is 3.64. The molecule has 0 fully saturated rings. The molecule has 1 atom stereocenters. The van der Waals surface area contributed by atoms with Crippen LogP contribution in [0, 0.1) is 11.3 Å². The fourth-order valence-corrected chi connectivity index (χ4v) is 1.71. The maximum Gasteiger partial charge on any atom is 0.313 e. The van der Waals surface area contributed by atoms with Gasteiger partial charge in [0.15, 0.2) is 0 Å². The second kappa shape index (κ2) is 4.77. The summed E-state index contributed by atoms with van der Waals surface area (Å²) >= 11 is 0. The molecule has 84 valence electrons. The van der Waals surface area contributed by atoms with E-state index in [9.17, 15) is 9.90 Å². The van der Waals surface area contributed by atoms with E-state index < -0.39 is 11.4 Å². The van der Waals surface area contributed by atoms with Crippen molar-refractivity contribution in [3.8, 4) is 6.07 Å². The second-order valence-electron chi connectivity index (χ2n) is 3.83. The Morgan fingerprint density at radius 2 is 2.19 bits per heavy atom. The van der Waals surface area contributed by atoms with Crippen molar-refractivity contribution in [2.75, 3.05) is 6.54 Å². The molecule has 0 amide bonds. The fourth-order valence-electron chi connectivity index (χ4n) is 1.71. The third-order valence-corrected chi connectivity index (χ3v) is 2.76. The molecule has 1 rings (SSSR count). The Morgan fingerprint density at radius 3 is 2.69 bits per heavy atom. The zero-order valence-corrected chi connectivity index (χ0v) is 9.10. The van der Waals surface area contributed by atoms with Gasteiger partial charge < -0.3 is 10.8 Å². The van der Waals surface area contributed by atoms with Crippen molar-refractivity contribution in [2.24, 2.45) is 5.73 Å². The van der Waals surface area contributed by atoms with Gasteiger partial charge in [-0.25, -0.2) is 0 Å². The van der Waals surface area contributed by atoms with Gasteiger partial charge in [-0.1, -0.05) is 18.2 Å². The van der Waals surface area contributed by atoms with Crippen LogP contribution in [0.25, 0.3) is 0 Å². The monoisotopic (exact) mass is 218 g/mol. The number of hydrogen-bond acceptors (Lipinski definition) is 3. The number of rotatable bonds is 4. The van der Waals surface area contributed by atoms with Gasteiger partial charge in [-0.3, -0.25) is 4.79 Å². The van der Waals surface area contributed by atoms with E-state index in [2.05, 4.69) is 0 Å². The first-order chi connectivity index (χ1) is 7.56. The lowest BCUT2D eigenvalue weighted by Crippen LogP contribution is -2.35. The van der Waals surface area contributed by atoms with E-state index in [0.717, 1.165) is 0 Å². The van der Waals surface area contributed by atoms with Crippen LogP contribution in [0.1, 0.15) is 24.5 Å². The molecule has 4 nitrogen and oxygen atoms in total. The minimum absolute atomic E-state index is 0.266. The van der Waals surface area contributed by atoms with Crippen LogP contribution < -0.4 is 5.73 Å². The quantitative estimate of drug-likeness (QED) is 0.796. The maximum atomic E-state index is 11.3. The van der Waals surface area contributed by atoms with Crippen LogP contribution in [0.2, 0.25) is 0 Å². The van der Waals surface area contributed by atoms with Gasteiger partial charge in [0, 0.05) is 0 Å². The number of hydrogen-bond donors (Lipinski definition) is 2. The predicted molar refractivity (Wildman–Crippen MR) is 59.8 cm³/mol. The van der Waals surface area contributed by atoms with Crippen molar-refractivity contribution in [1.29, 1.82) is 5.26 Å². The molecule has 1 aromatic carbocycles. The number of carboxylic acids is 1. The first-order valence-electron chi connectivity index (χ1n) is 4.99. The van der Waals surface area contributed by atoms with Crippen LogP contribution in [0.5, 0.6) is 0 Å². The van der Waals surface area contributed by atoms with Crippen molar-refractivity contribution in [3.63, 3.8) is 0 Å². The Labute approximate surface area is 94.3 Å². The molecule has 0 bridgehead atoms. The summed E-state index contributed by atoms with van der Waals surface area (Å²) < 4.78 is 0. The van der Waals surface area contributed by atoms with Gasteiger partial charge in [-0.15, -0.1) is 0 Å². The molecule has 0 aromatic heterocycles. The number of carbonyl (C=O) groups is 1. The summed E-state index contributed by atoms with van der Waals surface area (Å²) in [4.78, 5) is 11.3. The van der Waals surface area contributed by atoms with Crippen molar-refractivity contribution in [1.82, 2.24) is 0 Å². The van der Waals surface area contributed by atoms with Gasteiger partial charge in [0.2, 0.25) is 0 Å². The van der Waals surface area contributed by atoms with Crippen LogP contribution in [0.4, 0.5) is 0 Å². The zero-order valence-electron chi connectivity index (χ0n) is 9.10. The Morgan fingerprint density at radius 1 is 1.56 bits per heavy atom. The zero-order chi connectivity index (χ0) is 12.2. The minimum Gasteiger partial charge on any atom is -0.481 e. The number of nitrogens with two attached hydrogens (primary N) is 1. The third-order valence-electron chi connectivity index (χ3n) is 2.76. The van der Waals surface area contributed by atoms with E-state index in [1.165, 1.54) is 0 Å². The highest BCUT2D eigenvalue weighted by Gasteiger charge is 2.36. The van der Waals surface area contributed by atoms with Gasteiger partial charge in [-0.05, 0) is 31.5 Å². The van der Waals surface area contributed by atoms with Gasteiger partial charge in [0.05, 0.1) is 17.0 Å². The SMILES string of the molecule is CC(CCN)(C(=O)O)c1ccccc1C#N. The van der Waals surface area contributed by atoms with Crippen molar-refractivity contribution in [2.45, 2.75) is 18.8 Å². The van der Waals surface area contributed by atoms with Gasteiger partial charge in [0.1, 0.15) is 0 Å². The molecule has 0 saturated heterocycles. The van der Waals surface area contributed by atoms with Gasteiger partial charge >= 0.3 is 5.97 Å². The van der Waals surface area contributed by atoms with Crippen LogP contribution in [0.15, 0.2) is 24.3 Å². The molecule has 0 aliphatic heterocycles. The lowest BCUT2D eigenvalue weighted by molar-refractivity contribution is -0.143. The Balaban J connectivity index is 3.32. The van der Waals surface area contributed by atoms with Crippen LogP contribution in [-0.2, 0) is 10.2 Å². The number of aliphatic carboxylic acids is 1. The first-order valence-corrected chi connectivity index (χ1v) is 4.99. The summed E-state index contributed by atoms with van der Waals surface area (Å²) in [5.74, 6) is -0.958. The second-order valence-corrected chi connectivity index (χ2v) is 3.83. The molecule has 4 heteroatoms. The molecule has 0 aliphatic carbocycles. The van der Waals surface area contributed by atoms with E-state index in [1.807, 2.05) is 6.07 Å². The van der Waals surface area contributed by atoms with Crippen LogP contribution in [0.3, 0.4) is 0 Å². The average molecular weight is 218 g/mol. The van der Waals surface area contributed by atoms with E-state index in [-0.39, 0.29) is 6.54 Å². The number of nitrogens with zero attached hydrogens (tertiary/aromatic N) is 1. The molecule has 1 aromatic rings. The summed E-state index contributed by atoms with van der Waals surface area (Å²) in [5.41, 5.74) is 5.25. The molecular formula is C12H14N2O2. The van der Waals surface area contributed by atoms with Crippen molar-refractivity contribution >= 4 is 5.97 Å². The lowest BCUT2D eigenvalue weighted by atomic mass is 9.77. The predicted octanol–water partition coefficient (Wildman–Crippen LogP) is 1.25. The molecule has 0 heterocycles. The summed E-state index contributed by atoms with van der Waals surface area (Å²) in [6, 6.07) is 8.74. The third kappa shape index (κ3) is 2.05. The van der Waals surface area contributed by atoms with Crippen molar-refractivity contribution in [3.05, 3.63) is 35.4 Å². The highest BCUT2D eigenvalue weighted by atomic mass is 16.4. The number of benzene rings is 1. The summed E-state index contributed by atoms with van der Waals surface area (Å²) in [6.07, 6.45) is 0.307. The lowest BCUT2D eigenvalue weighted by Gasteiger charge is -2.25. The van der Waals surface area contributed by atoms with Crippen LogP contribution >= 0.6 is 0 Å². The van der Waals surface area contributed by atoms with E-state index in [4.69, 9.17) is 11.0 Å². The largest absolute Gasteiger partial charge is 0.481 e. The molecule has 0 radical (unpaired) electrons. The smallest absolute Gasteiger partial charge is 0.313 e. The Hall–Kier alpha value is -1.86. The minimum atomic E-state index is -1.10. The molecule has 0 aliphatic rings. The molecule has 1 unspecified atom stereocenters. The maximum absolute atomic E-state index is 11.3. The van der Waals surface area contributed by atoms with E-state index in [0.29, 0.717) is 17.5 Å². The van der Waals surface area contributed by atoms with Crippen LogP contribution in [-0.4, -0.2) is 17.6 Å². The van der Waals surface area contributed by atoms with Gasteiger partial charge in [-0.2, -0.15) is 5.26 Å². The van der Waals surface area contributed by atoms with Crippen molar-refractivity contribution < 1.29 is 9.90 Å². The standard InChI is InChI=1S/C12H14N2O2/c1-12(6-7-13,11(15)16)10-5-3-2-4-9(10)8-14/h2-5H,6-7,13H2,1H3,(H,15,16). The summed E-state index contributed by atoms with van der Waals surface area (Å²) in [6.45, 7) is 1.86. The highest BCUT2D eigenvalue weighted by Crippen LogP contribution is 2.30. The number of carboxylic acid groups (broad SMARTS) is 1. The molecule has 16 heavy (non-hydrogen) atoms. The topological polar surface area (TPSA) is 87.1 Å². The normalized spacial score (nSPS) is 13.8. The summed E-state index contributed by atoms with van der Waals surface area (Å²) in [7, 11) is 0. The number of nitriles is 1. The molecule has 0 spiro atoms. The molecular weight excluding hydrogens is 204 g/mol. The molecule has 3 N–H and O–H groups in total.